The van der Waals surface area contributed by atoms with Crippen LogP contribution in [0, 0.1) is 0 Å². The van der Waals surface area contributed by atoms with Crippen LogP contribution in [0.2, 0.25) is 5.02 Å². The lowest BCUT2D eigenvalue weighted by molar-refractivity contribution is -0.158. The summed E-state index contributed by atoms with van der Waals surface area (Å²) in [6.45, 7) is 3.12. The van der Waals surface area contributed by atoms with Gasteiger partial charge in [0, 0.05) is 18.1 Å². The van der Waals surface area contributed by atoms with Crippen molar-refractivity contribution in [2.45, 2.75) is 29.8 Å². The standard InChI is InChI=1S/C15H17ClINO3/c1-10(14(19)18-8-4-5-9-18)21-15(20)13(17)11-6-2-3-7-12(11)16/h2-3,6-7,10,13H,4-5,8-9H2,1H3/t10-,13?/m1/s1. The molecule has 6 heteroatoms. The van der Waals surface area contributed by atoms with Crippen molar-refractivity contribution in [1.29, 1.82) is 0 Å². The number of benzene rings is 1. The van der Waals surface area contributed by atoms with Crippen molar-refractivity contribution in [3.8, 4) is 0 Å². The van der Waals surface area contributed by atoms with E-state index in [9.17, 15) is 9.59 Å². The Morgan fingerprint density at radius 1 is 1.29 bits per heavy atom. The van der Waals surface area contributed by atoms with Crippen molar-refractivity contribution in [2.75, 3.05) is 13.1 Å². The Bertz CT molecular complexity index is 531. The maximum Gasteiger partial charge on any atom is 0.324 e. The number of esters is 1. The summed E-state index contributed by atoms with van der Waals surface area (Å²) < 4.78 is 4.78. The zero-order valence-electron chi connectivity index (χ0n) is 11.7. The van der Waals surface area contributed by atoms with Gasteiger partial charge in [-0.05, 0) is 31.4 Å². The van der Waals surface area contributed by atoms with Crippen molar-refractivity contribution in [1.82, 2.24) is 4.90 Å². The largest absolute Gasteiger partial charge is 0.452 e. The number of nitrogens with zero attached hydrogens (tertiary/aromatic N) is 1. The summed E-state index contributed by atoms with van der Waals surface area (Å²) in [5.41, 5.74) is 0.700. The molecule has 0 N–H and O–H groups in total. The van der Waals surface area contributed by atoms with E-state index in [1.165, 1.54) is 0 Å². The van der Waals surface area contributed by atoms with Crippen molar-refractivity contribution in [2.24, 2.45) is 0 Å². The minimum absolute atomic E-state index is 0.122. The van der Waals surface area contributed by atoms with E-state index in [0.29, 0.717) is 10.6 Å². The van der Waals surface area contributed by atoms with Crippen LogP contribution in [0.4, 0.5) is 0 Å². The molecule has 0 aliphatic carbocycles. The summed E-state index contributed by atoms with van der Waals surface area (Å²) in [5.74, 6) is -0.563. The van der Waals surface area contributed by atoms with Crippen LogP contribution in [-0.4, -0.2) is 36.0 Å². The topological polar surface area (TPSA) is 46.6 Å². The van der Waals surface area contributed by atoms with Crippen molar-refractivity contribution < 1.29 is 14.3 Å². The SMILES string of the molecule is C[C@@H](OC(=O)C(I)c1ccccc1Cl)C(=O)N1CCCC1. The first-order valence-corrected chi connectivity index (χ1v) is 8.51. The highest BCUT2D eigenvalue weighted by atomic mass is 127. The number of hydrogen-bond acceptors (Lipinski definition) is 3. The molecule has 0 radical (unpaired) electrons. The Labute approximate surface area is 142 Å². The van der Waals surface area contributed by atoms with Gasteiger partial charge in [-0.15, -0.1) is 0 Å². The smallest absolute Gasteiger partial charge is 0.324 e. The van der Waals surface area contributed by atoms with Gasteiger partial charge in [-0.1, -0.05) is 52.4 Å². The Morgan fingerprint density at radius 3 is 2.52 bits per heavy atom. The fourth-order valence-corrected chi connectivity index (χ4v) is 3.41. The summed E-state index contributed by atoms with van der Waals surface area (Å²) >= 11 is 8.06. The van der Waals surface area contributed by atoms with E-state index in [2.05, 4.69) is 0 Å². The third kappa shape index (κ3) is 4.10. The number of carbonyl (C=O) groups is 2. The van der Waals surface area contributed by atoms with Gasteiger partial charge < -0.3 is 9.64 Å². The lowest BCUT2D eigenvalue weighted by Crippen LogP contribution is -2.38. The van der Waals surface area contributed by atoms with Crippen LogP contribution in [-0.2, 0) is 14.3 Å². The maximum absolute atomic E-state index is 12.2. The number of halogens is 2. The zero-order chi connectivity index (χ0) is 15.4. The summed E-state index contributed by atoms with van der Waals surface area (Å²) in [6.07, 6.45) is 1.28. The van der Waals surface area contributed by atoms with Crippen molar-refractivity contribution in [3.05, 3.63) is 34.9 Å². The van der Waals surface area contributed by atoms with E-state index in [1.54, 1.807) is 30.0 Å². The monoisotopic (exact) mass is 421 g/mol. The third-order valence-electron chi connectivity index (χ3n) is 3.44. The van der Waals surface area contributed by atoms with Crippen LogP contribution in [0.15, 0.2) is 24.3 Å². The predicted octanol–water partition coefficient (Wildman–Crippen LogP) is 3.37. The van der Waals surface area contributed by atoms with Gasteiger partial charge in [-0.3, -0.25) is 9.59 Å². The maximum atomic E-state index is 12.2. The van der Waals surface area contributed by atoms with Gasteiger partial charge in [-0.2, -0.15) is 0 Å². The average Bonchev–Trinajstić information content (AvgIpc) is 3.00. The minimum atomic E-state index is -0.754. The van der Waals surface area contributed by atoms with Gasteiger partial charge in [0.25, 0.3) is 5.91 Å². The molecule has 0 saturated carbocycles. The number of hydrogen-bond donors (Lipinski definition) is 0. The highest BCUT2D eigenvalue weighted by Crippen LogP contribution is 2.31. The molecular formula is C15H17ClINO3. The molecule has 1 aromatic carbocycles. The first-order valence-electron chi connectivity index (χ1n) is 6.88. The first-order chi connectivity index (χ1) is 10.0. The third-order valence-corrected chi connectivity index (χ3v) is 4.97. The van der Waals surface area contributed by atoms with Crippen LogP contribution < -0.4 is 0 Å². The number of amides is 1. The molecule has 0 bridgehead atoms. The van der Waals surface area contributed by atoms with Crippen LogP contribution in [0.5, 0.6) is 0 Å². The van der Waals surface area contributed by atoms with Gasteiger partial charge in [0.1, 0.15) is 3.92 Å². The van der Waals surface area contributed by atoms with E-state index in [-0.39, 0.29) is 5.91 Å². The molecule has 4 nitrogen and oxygen atoms in total. The van der Waals surface area contributed by atoms with Crippen molar-refractivity contribution in [3.63, 3.8) is 0 Å². The van der Waals surface area contributed by atoms with Gasteiger partial charge in [0.15, 0.2) is 6.10 Å². The number of rotatable bonds is 4. The predicted molar refractivity (Wildman–Crippen MR) is 89.6 cm³/mol. The molecule has 1 fully saturated rings. The molecular weight excluding hydrogens is 405 g/mol. The summed E-state index contributed by atoms with van der Waals surface area (Å²) in [7, 11) is 0. The molecule has 1 aliphatic rings. The normalized spacial score (nSPS) is 17.4. The lowest BCUT2D eigenvalue weighted by atomic mass is 10.1. The second-order valence-electron chi connectivity index (χ2n) is 5.00. The number of likely N-dealkylation sites (tertiary alicyclic amines) is 1. The Kier molecular flexibility index (Phi) is 5.87. The fourth-order valence-electron chi connectivity index (χ4n) is 2.29. The molecule has 1 aromatic rings. The highest BCUT2D eigenvalue weighted by molar-refractivity contribution is 14.1. The molecule has 2 atom stereocenters. The molecule has 0 spiro atoms. The number of carbonyl (C=O) groups excluding carboxylic acids is 2. The van der Waals surface area contributed by atoms with Crippen molar-refractivity contribution >= 4 is 46.1 Å². The highest BCUT2D eigenvalue weighted by Gasteiger charge is 2.29. The first kappa shape index (κ1) is 16.5. The second kappa shape index (κ2) is 7.45. The van der Waals surface area contributed by atoms with Crippen LogP contribution in [0.3, 0.4) is 0 Å². The van der Waals surface area contributed by atoms with Gasteiger partial charge in [-0.25, -0.2) is 0 Å². The fraction of sp³-hybridized carbons (Fsp3) is 0.467. The molecule has 2 rings (SSSR count). The van der Waals surface area contributed by atoms with Crippen LogP contribution in [0.25, 0.3) is 0 Å². The van der Waals surface area contributed by atoms with E-state index in [0.717, 1.165) is 25.9 Å². The summed E-state index contributed by atoms with van der Waals surface area (Å²) in [6, 6.07) is 7.14. The summed E-state index contributed by atoms with van der Waals surface area (Å²) in [4.78, 5) is 26.0. The molecule has 1 heterocycles. The molecule has 0 aromatic heterocycles. The van der Waals surface area contributed by atoms with Crippen LogP contribution >= 0.6 is 34.2 Å². The molecule has 1 amide bonds. The summed E-state index contributed by atoms with van der Waals surface area (Å²) in [5, 5.41) is 0.521. The average molecular weight is 422 g/mol. The number of alkyl halides is 1. The second-order valence-corrected chi connectivity index (χ2v) is 6.65. The van der Waals surface area contributed by atoms with Gasteiger partial charge in [0.2, 0.25) is 0 Å². The quantitative estimate of drug-likeness (QED) is 0.425. The van der Waals surface area contributed by atoms with Crippen LogP contribution in [0.1, 0.15) is 29.3 Å². The van der Waals surface area contributed by atoms with E-state index in [4.69, 9.17) is 16.3 Å². The molecule has 1 saturated heterocycles. The Balaban J connectivity index is 1.97. The molecule has 1 aliphatic heterocycles. The van der Waals surface area contributed by atoms with E-state index >= 15 is 0 Å². The van der Waals surface area contributed by atoms with E-state index < -0.39 is 16.0 Å². The molecule has 21 heavy (non-hydrogen) atoms. The zero-order valence-corrected chi connectivity index (χ0v) is 14.6. The van der Waals surface area contributed by atoms with Gasteiger partial charge >= 0.3 is 5.97 Å². The molecule has 1 unspecified atom stereocenters. The van der Waals surface area contributed by atoms with Gasteiger partial charge in [0.05, 0.1) is 0 Å². The Hall–Kier alpha value is -0.820. The Morgan fingerprint density at radius 2 is 1.90 bits per heavy atom. The van der Waals surface area contributed by atoms with E-state index in [1.807, 2.05) is 28.7 Å². The molecule has 114 valence electrons. The number of ether oxygens (including phenoxy) is 1. The minimum Gasteiger partial charge on any atom is -0.452 e. The lowest BCUT2D eigenvalue weighted by Gasteiger charge is -2.21.